The Morgan fingerprint density at radius 3 is 2.94 bits per heavy atom. The van der Waals surface area contributed by atoms with Crippen molar-refractivity contribution >= 4 is 5.91 Å². The molecule has 1 amide bonds. The Labute approximate surface area is 108 Å². The molecule has 0 aliphatic carbocycles. The van der Waals surface area contributed by atoms with Crippen LogP contribution in [0.2, 0.25) is 0 Å². The smallest absolute Gasteiger partial charge is 0.237 e. The topological polar surface area (TPSA) is 64.4 Å². The van der Waals surface area contributed by atoms with Crippen molar-refractivity contribution in [1.29, 1.82) is 0 Å². The molecule has 2 atom stereocenters. The summed E-state index contributed by atoms with van der Waals surface area (Å²) >= 11 is 0. The average molecular weight is 248 g/mol. The van der Waals surface area contributed by atoms with E-state index in [0.717, 1.165) is 11.3 Å². The van der Waals surface area contributed by atoms with Gasteiger partial charge in [0.15, 0.2) is 0 Å². The Hall–Kier alpha value is -1.55. The summed E-state index contributed by atoms with van der Waals surface area (Å²) in [6.45, 7) is 4.60. The molecular formula is C14H20N2O2. The predicted octanol–water partition coefficient (Wildman–Crippen LogP) is 1.61. The van der Waals surface area contributed by atoms with Crippen LogP contribution in [0.4, 0.5) is 0 Å². The Morgan fingerprint density at radius 1 is 1.50 bits per heavy atom. The SMILES string of the molecule is CC(C)C[C@@H](N)C(=O)NC1COc2ccccc21. The van der Waals surface area contributed by atoms with Crippen molar-refractivity contribution in [1.82, 2.24) is 5.32 Å². The van der Waals surface area contributed by atoms with Crippen molar-refractivity contribution < 1.29 is 9.53 Å². The molecule has 1 aliphatic heterocycles. The first-order valence-electron chi connectivity index (χ1n) is 6.35. The third-order valence-electron chi connectivity index (χ3n) is 3.08. The largest absolute Gasteiger partial charge is 0.491 e. The van der Waals surface area contributed by atoms with Crippen molar-refractivity contribution in [3.8, 4) is 5.75 Å². The maximum atomic E-state index is 12.0. The van der Waals surface area contributed by atoms with Crippen LogP contribution in [0.5, 0.6) is 5.75 Å². The van der Waals surface area contributed by atoms with E-state index in [1.807, 2.05) is 24.3 Å². The maximum Gasteiger partial charge on any atom is 0.237 e. The summed E-state index contributed by atoms with van der Waals surface area (Å²) in [7, 11) is 0. The Balaban J connectivity index is 1.97. The number of para-hydroxylation sites is 1. The van der Waals surface area contributed by atoms with E-state index < -0.39 is 6.04 Å². The molecule has 0 saturated carbocycles. The van der Waals surface area contributed by atoms with Crippen molar-refractivity contribution in [3.63, 3.8) is 0 Å². The van der Waals surface area contributed by atoms with Crippen LogP contribution in [0, 0.1) is 5.92 Å². The summed E-state index contributed by atoms with van der Waals surface area (Å²) < 4.78 is 5.52. The van der Waals surface area contributed by atoms with Crippen molar-refractivity contribution in [2.45, 2.75) is 32.4 Å². The molecule has 0 saturated heterocycles. The van der Waals surface area contributed by atoms with E-state index in [-0.39, 0.29) is 11.9 Å². The van der Waals surface area contributed by atoms with Crippen LogP contribution < -0.4 is 15.8 Å². The van der Waals surface area contributed by atoms with Gasteiger partial charge in [-0.3, -0.25) is 4.79 Å². The molecule has 98 valence electrons. The molecule has 18 heavy (non-hydrogen) atoms. The van der Waals surface area contributed by atoms with Gasteiger partial charge in [-0.1, -0.05) is 32.0 Å². The minimum Gasteiger partial charge on any atom is -0.491 e. The number of carbonyl (C=O) groups excluding carboxylic acids is 1. The lowest BCUT2D eigenvalue weighted by molar-refractivity contribution is -0.123. The fourth-order valence-corrected chi connectivity index (χ4v) is 2.18. The van der Waals surface area contributed by atoms with E-state index in [9.17, 15) is 4.79 Å². The first-order valence-corrected chi connectivity index (χ1v) is 6.35. The van der Waals surface area contributed by atoms with Gasteiger partial charge in [0.05, 0.1) is 12.1 Å². The summed E-state index contributed by atoms with van der Waals surface area (Å²) in [5.41, 5.74) is 6.89. The molecule has 0 spiro atoms. The monoisotopic (exact) mass is 248 g/mol. The molecule has 1 aliphatic rings. The fourth-order valence-electron chi connectivity index (χ4n) is 2.18. The van der Waals surface area contributed by atoms with Crippen molar-refractivity contribution in [2.24, 2.45) is 11.7 Å². The normalized spacial score (nSPS) is 19.2. The molecule has 0 bridgehead atoms. The second kappa shape index (κ2) is 5.40. The fraction of sp³-hybridized carbons (Fsp3) is 0.500. The minimum atomic E-state index is -0.447. The number of hydrogen-bond acceptors (Lipinski definition) is 3. The van der Waals surface area contributed by atoms with Gasteiger partial charge in [-0.05, 0) is 18.4 Å². The summed E-state index contributed by atoms with van der Waals surface area (Å²) in [4.78, 5) is 12.0. The second-order valence-electron chi connectivity index (χ2n) is 5.15. The van der Waals surface area contributed by atoms with Crippen LogP contribution in [0.1, 0.15) is 31.9 Å². The molecule has 1 unspecified atom stereocenters. The number of hydrogen-bond donors (Lipinski definition) is 2. The van der Waals surface area contributed by atoms with E-state index in [0.29, 0.717) is 18.9 Å². The highest BCUT2D eigenvalue weighted by Gasteiger charge is 2.26. The number of ether oxygens (including phenoxy) is 1. The maximum absolute atomic E-state index is 12.0. The van der Waals surface area contributed by atoms with Gasteiger partial charge in [-0.15, -0.1) is 0 Å². The second-order valence-corrected chi connectivity index (χ2v) is 5.15. The lowest BCUT2D eigenvalue weighted by Crippen LogP contribution is -2.43. The number of fused-ring (bicyclic) bond motifs is 1. The van der Waals surface area contributed by atoms with Crippen molar-refractivity contribution in [2.75, 3.05) is 6.61 Å². The first kappa shape index (κ1) is 12.9. The number of amides is 1. The number of nitrogens with one attached hydrogen (secondary N) is 1. The summed E-state index contributed by atoms with van der Waals surface area (Å²) in [6, 6.07) is 7.23. The molecule has 3 N–H and O–H groups in total. The number of carbonyl (C=O) groups is 1. The van der Waals surface area contributed by atoms with E-state index in [1.165, 1.54) is 0 Å². The predicted molar refractivity (Wildman–Crippen MR) is 70.3 cm³/mol. The van der Waals surface area contributed by atoms with E-state index in [4.69, 9.17) is 10.5 Å². The van der Waals surface area contributed by atoms with Gasteiger partial charge in [-0.2, -0.15) is 0 Å². The van der Waals surface area contributed by atoms with Crippen LogP contribution in [-0.4, -0.2) is 18.6 Å². The Bertz CT molecular complexity index is 432. The third kappa shape index (κ3) is 2.82. The van der Waals surface area contributed by atoms with Crippen LogP contribution in [-0.2, 0) is 4.79 Å². The highest BCUT2D eigenvalue weighted by atomic mass is 16.5. The Kier molecular flexibility index (Phi) is 3.87. The van der Waals surface area contributed by atoms with Gasteiger partial charge in [0.2, 0.25) is 5.91 Å². The van der Waals surface area contributed by atoms with E-state index >= 15 is 0 Å². The number of benzene rings is 1. The average Bonchev–Trinajstić information content (AvgIpc) is 2.72. The molecule has 1 heterocycles. The number of nitrogens with two attached hydrogens (primary N) is 1. The van der Waals surface area contributed by atoms with E-state index in [2.05, 4.69) is 19.2 Å². The van der Waals surface area contributed by atoms with E-state index in [1.54, 1.807) is 0 Å². The quantitative estimate of drug-likeness (QED) is 0.851. The highest BCUT2D eigenvalue weighted by Crippen LogP contribution is 2.31. The summed E-state index contributed by atoms with van der Waals surface area (Å²) in [5.74, 6) is 1.16. The molecule has 1 aromatic carbocycles. The minimum absolute atomic E-state index is 0.0769. The zero-order chi connectivity index (χ0) is 13.1. The van der Waals surface area contributed by atoms with Gasteiger partial charge in [0.1, 0.15) is 12.4 Å². The zero-order valence-corrected chi connectivity index (χ0v) is 10.8. The molecule has 4 nitrogen and oxygen atoms in total. The van der Waals surface area contributed by atoms with Gasteiger partial charge >= 0.3 is 0 Å². The summed E-state index contributed by atoms with van der Waals surface area (Å²) in [6.07, 6.45) is 0.695. The van der Waals surface area contributed by atoms with Crippen LogP contribution in [0.15, 0.2) is 24.3 Å². The van der Waals surface area contributed by atoms with Crippen LogP contribution in [0.3, 0.4) is 0 Å². The molecule has 2 rings (SSSR count). The molecule has 1 aromatic rings. The van der Waals surface area contributed by atoms with Gasteiger partial charge in [0.25, 0.3) is 0 Å². The van der Waals surface area contributed by atoms with Gasteiger partial charge in [0, 0.05) is 5.56 Å². The zero-order valence-electron chi connectivity index (χ0n) is 10.8. The first-order chi connectivity index (χ1) is 8.58. The van der Waals surface area contributed by atoms with Crippen molar-refractivity contribution in [3.05, 3.63) is 29.8 Å². The molecule has 0 radical (unpaired) electrons. The van der Waals surface area contributed by atoms with Crippen LogP contribution >= 0.6 is 0 Å². The molecular weight excluding hydrogens is 228 g/mol. The molecule has 0 fully saturated rings. The molecule has 0 aromatic heterocycles. The standard InChI is InChI=1S/C14H20N2O2/c1-9(2)7-11(15)14(17)16-12-8-18-13-6-4-3-5-10(12)13/h3-6,9,11-12H,7-8,15H2,1-2H3,(H,16,17)/t11-,12?/m1/s1. The summed E-state index contributed by atoms with van der Waals surface area (Å²) in [5, 5.41) is 2.95. The van der Waals surface area contributed by atoms with Gasteiger partial charge < -0.3 is 15.8 Å². The highest BCUT2D eigenvalue weighted by molar-refractivity contribution is 5.82. The Morgan fingerprint density at radius 2 is 2.22 bits per heavy atom. The molecule has 4 heteroatoms. The lowest BCUT2D eigenvalue weighted by Gasteiger charge is -2.17. The van der Waals surface area contributed by atoms with Gasteiger partial charge in [-0.25, -0.2) is 0 Å². The number of rotatable bonds is 4. The van der Waals surface area contributed by atoms with Crippen LogP contribution in [0.25, 0.3) is 0 Å². The lowest BCUT2D eigenvalue weighted by atomic mass is 10.0. The third-order valence-corrected chi connectivity index (χ3v) is 3.08.